The number of nitrogens with one attached hydrogen (secondary N) is 1. The van der Waals surface area contributed by atoms with E-state index in [0.717, 1.165) is 36.3 Å². The Morgan fingerprint density at radius 3 is 2.88 bits per heavy atom. The summed E-state index contributed by atoms with van der Waals surface area (Å²) < 4.78 is 13.2. The van der Waals surface area contributed by atoms with Crippen molar-refractivity contribution < 1.29 is 14.3 Å². The summed E-state index contributed by atoms with van der Waals surface area (Å²) in [4.78, 5) is 13.5. The summed E-state index contributed by atoms with van der Waals surface area (Å²) in [7, 11) is 0. The van der Waals surface area contributed by atoms with Gasteiger partial charge in [-0.2, -0.15) is 0 Å². The fourth-order valence-corrected chi connectivity index (χ4v) is 3.49. The molecule has 0 saturated heterocycles. The van der Waals surface area contributed by atoms with Crippen molar-refractivity contribution in [3.63, 3.8) is 0 Å². The van der Waals surface area contributed by atoms with E-state index in [9.17, 15) is 14.3 Å². The summed E-state index contributed by atoms with van der Waals surface area (Å²) in [5.41, 5.74) is 4.73. The highest BCUT2D eigenvalue weighted by molar-refractivity contribution is 5.89. The molecule has 2 aromatic rings. The number of aliphatic hydroxyl groups excluding tert-OH is 1. The lowest BCUT2D eigenvalue weighted by molar-refractivity contribution is -0.114. The normalized spacial score (nSPS) is 15.5. The number of hydrogen-bond acceptors (Lipinski definition) is 3. The van der Waals surface area contributed by atoms with Gasteiger partial charge in [-0.05, 0) is 53.8 Å². The maximum absolute atomic E-state index is 13.2. The molecule has 0 saturated carbocycles. The van der Waals surface area contributed by atoms with Crippen LogP contribution in [0, 0.1) is 12.7 Å². The van der Waals surface area contributed by atoms with Gasteiger partial charge >= 0.3 is 0 Å². The first-order chi connectivity index (χ1) is 11.9. The highest BCUT2D eigenvalue weighted by Crippen LogP contribution is 2.28. The molecule has 0 bridgehead atoms. The minimum absolute atomic E-state index is 0.0713. The van der Waals surface area contributed by atoms with Crippen molar-refractivity contribution in [1.29, 1.82) is 0 Å². The van der Waals surface area contributed by atoms with Crippen LogP contribution in [-0.4, -0.2) is 29.0 Å². The molecule has 132 valence electrons. The van der Waals surface area contributed by atoms with Crippen LogP contribution in [0.3, 0.4) is 0 Å². The van der Waals surface area contributed by atoms with Gasteiger partial charge in [0.25, 0.3) is 0 Å². The van der Waals surface area contributed by atoms with Crippen LogP contribution < -0.4 is 5.32 Å². The minimum Gasteiger partial charge on any atom is -0.387 e. The first-order valence-corrected chi connectivity index (χ1v) is 8.49. The van der Waals surface area contributed by atoms with E-state index in [1.54, 1.807) is 6.07 Å². The van der Waals surface area contributed by atoms with Crippen molar-refractivity contribution in [2.45, 2.75) is 32.9 Å². The smallest absolute Gasteiger partial charge is 0.221 e. The van der Waals surface area contributed by atoms with Crippen LogP contribution in [0.15, 0.2) is 36.4 Å². The molecule has 25 heavy (non-hydrogen) atoms. The number of carbonyl (C=O) groups excluding carboxylic acids is 1. The zero-order chi connectivity index (χ0) is 18.0. The number of benzene rings is 2. The van der Waals surface area contributed by atoms with Crippen LogP contribution >= 0.6 is 0 Å². The van der Waals surface area contributed by atoms with Gasteiger partial charge < -0.3 is 10.4 Å². The Kier molecular flexibility index (Phi) is 5.16. The van der Waals surface area contributed by atoms with Gasteiger partial charge in [-0.15, -0.1) is 0 Å². The number of hydrogen-bond donors (Lipinski definition) is 2. The first-order valence-electron chi connectivity index (χ1n) is 8.49. The Bertz CT molecular complexity index is 791. The fraction of sp³-hybridized carbons (Fsp3) is 0.350. The number of aliphatic hydroxyl groups is 1. The van der Waals surface area contributed by atoms with Crippen molar-refractivity contribution in [2.75, 3.05) is 18.4 Å². The molecule has 1 unspecified atom stereocenters. The van der Waals surface area contributed by atoms with E-state index in [1.807, 2.05) is 19.1 Å². The zero-order valence-corrected chi connectivity index (χ0v) is 14.6. The Balaban J connectivity index is 1.72. The Morgan fingerprint density at radius 2 is 2.16 bits per heavy atom. The molecule has 2 N–H and O–H groups in total. The van der Waals surface area contributed by atoms with Crippen LogP contribution in [0.2, 0.25) is 0 Å². The number of rotatable bonds is 4. The van der Waals surface area contributed by atoms with E-state index in [2.05, 4.69) is 16.3 Å². The molecule has 4 nitrogen and oxygen atoms in total. The number of carbonyl (C=O) groups is 1. The maximum atomic E-state index is 13.2. The number of nitrogens with zero attached hydrogens (tertiary/aromatic N) is 1. The second-order valence-corrected chi connectivity index (χ2v) is 6.63. The molecule has 0 aromatic heterocycles. The summed E-state index contributed by atoms with van der Waals surface area (Å²) in [5.74, 6) is -0.358. The van der Waals surface area contributed by atoms with Gasteiger partial charge in [0, 0.05) is 32.2 Å². The quantitative estimate of drug-likeness (QED) is 0.897. The average molecular weight is 342 g/mol. The van der Waals surface area contributed by atoms with Gasteiger partial charge in [0.2, 0.25) is 5.91 Å². The molecule has 1 atom stereocenters. The molecule has 5 heteroatoms. The number of anilines is 1. The second-order valence-electron chi connectivity index (χ2n) is 6.63. The average Bonchev–Trinajstić information content (AvgIpc) is 2.54. The zero-order valence-electron chi connectivity index (χ0n) is 14.6. The van der Waals surface area contributed by atoms with Gasteiger partial charge in [0.15, 0.2) is 0 Å². The third kappa shape index (κ3) is 4.06. The van der Waals surface area contributed by atoms with Crippen molar-refractivity contribution in [2.24, 2.45) is 0 Å². The summed E-state index contributed by atoms with van der Waals surface area (Å²) in [6.45, 7) is 5.35. The summed E-state index contributed by atoms with van der Waals surface area (Å²) in [6, 6.07) is 10.4. The van der Waals surface area contributed by atoms with Crippen molar-refractivity contribution in [3.05, 3.63) is 64.5 Å². The van der Waals surface area contributed by atoms with Crippen LogP contribution in [0.1, 0.15) is 35.3 Å². The number of amides is 1. The van der Waals surface area contributed by atoms with E-state index in [4.69, 9.17) is 0 Å². The van der Waals surface area contributed by atoms with E-state index in [0.29, 0.717) is 6.54 Å². The molecule has 0 radical (unpaired) electrons. The Morgan fingerprint density at radius 1 is 1.36 bits per heavy atom. The molecule has 1 aliphatic heterocycles. The Hall–Kier alpha value is -2.24. The van der Waals surface area contributed by atoms with E-state index < -0.39 is 6.10 Å². The molecule has 1 heterocycles. The number of aryl methyl sites for hydroxylation is 1. The molecule has 0 spiro atoms. The molecular weight excluding hydrogens is 319 g/mol. The lowest BCUT2D eigenvalue weighted by Gasteiger charge is -2.31. The molecular formula is C20H23FN2O2. The van der Waals surface area contributed by atoms with Crippen molar-refractivity contribution >= 4 is 11.6 Å². The predicted molar refractivity (Wildman–Crippen MR) is 95.8 cm³/mol. The minimum atomic E-state index is -0.652. The predicted octanol–water partition coefficient (Wildman–Crippen LogP) is 3.18. The monoisotopic (exact) mass is 342 g/mol. The largest absolute Gasteiger partial charge is 0.387 e. The third-order valence-corrected chi connectivity index (χ3v) is 4.68. The molecule has 0 aliphatic carbocycles. The standard InChI is InChI=1S/C20H23FN2O2/c1-13-10-16(21)6-7-17(13)20(25)12-23-9-8-18-15(11-23)4-3-5-19(18)22-14(2)24/h3-7,10,20,25H,8-9,11-12H2,1-2H3,(H,22,24). The third-order valence-electron chi connectivity index (χ3n) is 4.68. The van der Waals surface area contributed by atoms with Gasteiger partial charge in [-0.1, -0.05) is 18.2 Å². The van der Waals surface area contributed by atoms with Gasteiger partial charge in [-0.3, -0.25) is 9.69 Å². The summed E-state index contributed by atoms with van der Waals surface area (Å²) >= 11 is 0. The molecule has 1 aliphatic rings. The van der Waals surface area contributed by atoms with E-state index in [1.165, 1.54) is 30.2 Å². The number of fused-ring (bicyclic) bond motifs is 1. The van der Waals surface area contributed by atoms with Crippen molar-refractivity contribution in [3.8, 4) is 0 Å². The molecule has 1 amide bonds. The van der Waals surface area contributed by atoms with Gasteiger partial charge in [0.1, 0.15) is 5.82 Å². The molecule has 0 fully saturated rings. The topological polar surface area (TPSA) is 52.6 Å². The lowest BCUT2D eigenvalue weighted by atomic mass is 9.96. The lowest BCUT2D eigenvalue weighted by Crippen LogP contribution is -2.34. The van der Waals surface area contributed by atoms with E-state index in [-0.39, 0.29) is 11.7 Å². The van der Waals surface area contributed by atoms with Crippen LogP contribution in [0.5, 0.6) is 0 Å². The van der Waals surface area contributed by atoms with Crippen LogP contribution in [-0.2, 0) is 17.8 Å². The SMILES string of the molecule is CC(=O)Nc1cccc2c1CCN(CC(O)c1ccc(F)cc1C)C2. The molecule has 3 rings (SSSR count). The first kappa shape index (κ1) is 17.6. The van der Waals surface area contributed by atoms with Crippen molar-refractivity contribution in [1.82, 2.24) is 4.90 Å². The summed E-state index contributed by atoms with van der Waals surface area (Å²) in [6.07, 6.45) is 0.168. The van der Waals surface area contributed by atoms with Gasteiger partial charge in [0.05, 0.1) is 6.10 Å². The second kappa shape index (κ2) is 7.33. The van der Waals surface area contributed by atoms with Crippen LogP contribution in [0.25, 0.3) is 0 Å². The van der Waals surface area contributed by atoms with E-state index >= 15 is 0 Å². The highest BCUT2D eigenvalue weighted by Gasteiger charge is 2.22. The van der Waals surface area contributed by atoms with Crippen LogP contribution in [0.4, 0.5) is 10.1 Å². The number of halogens is 1. The fourth-order valence-electron chi connectivity index (χ4n) is 3.49. The molecule has 2 aromatic carbocycles. The highest BCUT2D eigenvalue weighted by atomic mass is 19.1. The Labute approximate surface area is 147 Å². The number of β-amino-alcohol motifs (C(OH)–C–C–N with tert-alkyl or cyclic N) is 1. The maximum Gasteiger partial charge on any atom is 0.221 e. The summed E-state index contributed by atoms with van der Waals surface area (Å²) in [5, 5.41) is 13.4. The van der Waals surface area contributed by atoms with Gasteiger partial charge in [-0.25, -0.2) is 4.39 Å².